The van der Waals surface area contributed by atoms with Crippen LogP contribution in [0.15, 0.2) is 16.7 Å². The van der Waals surface area contributed by atoms with Gasteiger partial charge in [0.05, 0.1) is 24.9 Å². The molecule has 0 bridgehead atoms. The number of nitrogens with one attached hydrogen (secondary N) is 1. The van der Waals surface area contributed by atoms with Gasteiger partial charge in [-0.15, -0.1) is 0 Å². The first kappa shape index (κ1) is 13.7. The minimum Gasteiger partial charge on any atom is -0.466 e. The number of rotatable bonds is 7. The Morgan fingerprint density at radius 3 is 2.94 bits per heavy atom. The Morgan fingerprint density at radius 1 is 1.53 bits per heavy atom. The molecule has 3 N–H and O–H groups in total. The average molecular weight is 242 g/mol. The van der Waals surface area contributed by atoms with Crippen molar-refractivity contribution >= 4 is 5.91 Å². The van der Waals surface area contributed by atoms with Crippen LogP contribution in [0.1, 0.15) is 30.0 Å². The molecule has 6 nitrogen and oxygen atoms in total. The molecule has 0 saturated heterocycles. The average Bonchev–Trinajstić information content (AvgIpc) is 2.76. The van der Waals surface area contributed by atoms with E-state index in [1.807, 2.05) is 19.3 Å². The van der Waals surface area contributed by atoms with Crippen LogP contribution in [0.3, 0.4) is 0 Å². The first-order chi connectivity index (χ1) is 8.13. The number of furan rings is 1. The highest BCUT2D eigenvalue weighted by molar-refractivity contribution is 5.93. The Morgan fingerprint density at radius 2 is 2.29 bits per heavy atom. The van der Waals surface area contributed by atoms with Crippen LogP contribution in [0.4, 0.5) is 0 Å². The first-order valence-electron chi connectivity index (χ1n) is 5.41. The Kier molecular flexibility index (Phi) is 5.68. The molecule has 0 unspecified atom stereocenters. The van der Waals surface area contributed by atoms with E-state index in [1.165, 1.54) is 6.26 Å². The van der Waals surface area contributed by atoms with Crippen LogP contribution in [-0.4, -0.2) is 25.2 Å². The lowest BCUT2D eigenvalue weighted by Crippen LogP contribution is -2.29. The van der Waals surface area contributed by atoms with Gasteiger partial charge in [-0.1, -0.05) is 0 Å². The quantitative estimate of drug-likeness (QED) is 0.320. The van der Waals surface area contributed by atoms with Crippen molar-refractivity contribution in [2.75, 3.05) is 13.2 Å². The largest absolute Gasteiger partial charge is 0.466 e. The van der Waals surface area contributed by atoms with Crippen LogP contribution in [0.25, 0.3) is 0 Å². The molecule has 0 aliphatic carbocycles. The fourth-order valence-electron chi connectivity index (χ4n) is 1.17. The maximum atomic E-state index is 11.1. The van der Waals surface area contributed by atoms with Crippen LogP contribution in [0.2, 0.25) is 0 Å². The third kappa shape index (κ3) is 4.99. The fraction of sp³-hybridized carbons (Fsp3) is 0.545. The van der Waals surface area contributed by atoms with Crippen molar-refractivity contribution in [3.05, 3.63) is 23.7 Å². The number of hydrogen-bond acceptors (Lipinski definition) is 5. The lowest BCUT2D eigenvalue weighted by molar-refractivity contribution is 0.0104. The van der Waals surface area contributed by atoms with Gasteiger partial charge in [-0.05, 0) is 19.9 Å². The normalized spacial score (nSPS) is 10.8. The number of hydrazine groups is 1. The van der Waals surface area contributed by atoms with Crippen molar-refractivity contribution in [2.45, 2.75) is 26.6 Å². The summed E-state index contributed by atoms with van der Waals surface area (Å²) >= 11 is 0. The van der Waals surface area contributed by atoms with E-state index in [-0.39, 0.29) is 12.0 Å². The Bertz CT molecular complexity index is 349. The molecule has 0 aromatic carbocycles. The van der Waals surface area contributed by atoms with Crippen molar-refractivity contribution in [3.8, 4) is 0 Å². The molecule has 0 spiro atoms. The number of nitrogens with two attached hydrogens (primary N) is 1. The molecule has 0 aliphatic rings. The SMILES string of the molecule is CC(C)OCCOCc1cc(C(=O)NN)co1. The van der Waals surface area contributed by atoms with Gasteiger partial charge in [0, 0.05) is 0 Å². The van der Waals surface area contributed by atoms with Crippen molar-refractivity contribution in [3.63, 3.8) is 0 Å². The molecule has 0 saturated carbocycles. The Hall–Kier alpha value is -1.37. The summed E-state index contributed by atoms with van der Waals surface area (Å²) in [7, 11) is 0. The molecule has 1 amide bonds. The van der Waals surface area contributed by atoms with E-state index in [0.29, 0.717) is 31.1 Å². The zero-order valence-corrected chi connectivity index (χ0v) is 10.1. The first-order valence-corrected chi connectivity index (χ1v) is 5.41. The second-order valence-corrected chi connectivity index (χ2v) is 3.75. The minimum absolute atomic E-state index is 0.196. The summed E-state index contributed by atoms with van der Waals surface area (Å²) in [6.07, 6.45) is 1.54. The summed E-state index contributed by atoms with van der Waals surface area (Å²) in [5.74, 6) is 5.18. The Labute approximate surface area is 100 Å². The maximum absolute atomic E-state index is 11.1. The number of carbonyl (C=O) groups excluding carboxylic acids is 1. The molecule has 1 aromatic rings. The Balaban J connectivity index is 2.23. The zero-order valence-electron chi connectivity index (χ0n) is 10.1. The van der Waals surface area contributed by atoms with Gasteiger partial charge >= 0.3 is 0 Å². The molecule has 1 heterocycles. The van der Waals surface area contributed by atoms with Crippen LogP contribution >= 0.6 is 0 Å². The lowest BCUT2D eigenvalue weighted by atomic mass is 10.3. The van der Waals surface area contributed by atoms with Gasteiger partial charge in [-0.2, -0.15) is 0 Å². The van der Waals surface area contributed by atoms with E-state index >= 15 is 0 Å². The van der Waals surface area contributed by atoms with Gasteiger partial charge in [0.25, 0.3) is 5.91 Å². The molecule has 96 valence electrons. The van der Waals surface area contributed by atoms with E-state index in [9.17, 15) is 4.79 Å². The van der Waals surface area contributed by atoms with Gasteiger partial charge < -0.3 is 13.9 Å². The topological polar surface area (TPSA) is 86.7 Å². The predicted molar refractivity (Wildman–Crippen MR) is 61.1 cm³/mol. The minimum atomic E-state index is -0.386. The molecule has 17 heavy (non-hydrogen) atoms. The van der Waals surface area contributed by atoms with Crippen molar-refractivity contribution in [1.29, 1.82) is 0 Å². The second-order valence-electron chi connectivity index (χ2n) is 3.75. The third-order valence-corrected chi connectivity index (χ3v) is 1.97. The summed E-state index contributed by atoms with van der Waals surface area (Å²) in [6, 6.07) is 1.59. The summed E-state index contributed by atoms with van der Waals surface area (Å²) in [5.41, 5.74) is 2.40. The molecule has 1 rings (SSSR count). The number of carbonyl (C=O) groups is 1. The summed E-state index contributed by atoms with van der Waals surface area (Å²) < 4.78 is 15.8. The van der Waals surface area contributed by atoms with E-state index in [2.05, 4.69) is 0 Å². The number of amides is 1. The molecular formula is C11H18N2O4. The maximum Gasteiger partial charge on any atom is 0.268 e. The number of nitrogen functional groups attached to an aromatic ring is 1. The van der Waals surface area contributed by atoms with Crippen LogP contribution in [0, 0.1) is 0 Å². The summed E-state index contributed by atoms with van der Waals surface area (Å²) in [5, 5.41) is 0. The second kappa shape index (κ2) is 7.05. The number of ether oxygens (including phenoxy) is 2. The smallest absolute Gasteiger partial charge is 0.268 e. The van der Waals surface area contributed by atoms with Crippen LogP contribution in [-0.2, 0) is 16.1 Å². The van der Waals surface area contributed by atoms with Gasteiger partial charge in [0.2, 0.25) is 0 Å². The summed E-state index contributed by atoms with van der Waals surface area (Å²) in [6.45, 7) is 5.25. The third-order valence-electron chi connectivity index (χ3n) is 1.97. The van der Waals surface area contributed by atoms with Gasteiger partial charge in [0.1, 0.15) is 18.6 Å². The summed E-state index contributed by atoms with van der Waals surface area (Å²) in [4.78, 5) is 11.1. The molecule has 0 fully saturated rings. The van der Waals surface area contributed by atoms with Gasteiger partial charge in [0.15, 0.2) is 0 Å². The van der Waals surface area contributed by atoms with Crippen LogP contribution < -0.4 is 11.3 Å². The van der Waals surface area contributed by atoms with Crippen molar-refractivity contribution in [1.82, 2.24) is 5.43 Å². The van der Waals surface area contributed by atoms with Gasteiger partial charge in [-0.3, -0.25) is 10.2 Å². The van der Waals surface area contributed by atoms with Gasteiger partial charge in [-0.25, -0.2) is 5.84 Å². The van der Waals surface area contributed by atoms with E-state index in [4.69, 9.17) is 19.7 Å². The molecule has 0 aliphatic heterocycles. The predicted octanol–water partition coefficient (Wildman–Crippen LogP) is 0.825. The monoisotopic (exact) mass is 242 g/mol. The molecular weight excluding hydrogens is 224 g/mol. The zero-order chi connectivity index (χ0) is 12.7. The highest BCUT2D eigenvalue weighted by Gasteiger charge is 2.08. The fourth-order valence-corrected chi connectivity index (χ4v) is 1.17. The van der Waals surface area contributed by atoms with Crippen molar-refractivity contribution < 1.29 is 18.7 Å². The number of hydrogen-bond donors (Lipinski definition) is 2. The van der Waals surface area contributed by atoms with E-state index in [1.54, 1.807) is 6.07 Å². The molecule has 0 atom stereocenters. The molecule has 0 radical (unpaired) electrons. The highest BCUT2D eigenvalue weighted by atomic mass is 16.5. The lowest BCUT2D eigenvalue weighted by Gasteiger charge is -2.06. The van der Waals surface area contributed by atoms with E-state index in [0.717, 1.165) is 0 Å². The highest BCUT2D eigenvalue weighted by Crippen LogP contribution is 2.08. The van der Waals surface area contributed by atoms with E-state index < -0.39 is 0 Å². The van der Waals surface area contributed by atoms with Crippen molar-refractivity contribution in [2.24, 2.45) is 5.84 Å². The van der Waals surface area contributed by atoms with Crippen LogP contribution in [0.5, 0.6) is 0 Å². The standard InChI is InChI=1S/C11H18N2O4/c1-8(2)16-4-3-15-7-10-5-9(6-17-10)11(14)13-12/h5-6,8H,3-4,7,12H2,1-2H3,(H,13,14). The molecule has 6 heteroatoms. The molecule has 1 aromatic heterocycles.